The van der Waals surface area contributed by atoms with Gasteiger partial charge >= 0.3 is 11.9 Å². The van der Waals surface area contributed by atoms with Gasteiger partial charge in [-0.25, -0.2) is 4.79 Å². The van der Waals surface area contributed by atoms with Crippen molar-refractivity contribution in [2.75, 3.05) is 26.4 Å². The maximum atomic E-state index is 16.0. The predicted octanol–water partition coefficient (Wildman–Crippen LogP) is -7.11. The number of hydrogen-bond donors (Lipinski definition) is 21. The van der Waals surface area contributed by atoms with Crippen LogP contribution in [-0.2, 0) is 90.2 Å². The van der Waals surface area contributed by atoms with E-state index >= 15 is 4.79 Å². The molecule has 13 aliphatic rings. The maximum absolute atomic E-state index is 16.0. The first-order valence-electron chi connectivity index (χ1n) is 40.3. The summed E-state index contributed by atoms with van der Waals surface area (Å²) in [5, 5.41) is 232. The quantitative estimate of drug-likeness (QED) is 0.0233. The van der Waals surface area contributed by atoms with Crippen LogP contribution in [0.4, 0.5) is 0 Å². The topological polar surface area (TPSA) is 624 Å². The molecule has 0 aromatic rings. The summed E-state index contributed by atoms with van der Waals surface area (Å²) in [6.07, 6.45) is -64.3. The number of carboxylic acid groups (broad SMARTS) is 1. The summed E-state index contributed by atoms with van der Waals surface area (Å²) in [4.78, 5) is 43.5. The van der Waals surface area contributed by atoms with Gasteiger partial charge in [0, 0.05) is 0 Å². The monoisotopic (exact) mass is 1670 g/mol. The van der Waals surface area contributed by atoms with Gasteiger partial charge in [-0.05, 0) is 124 Å². The number of ether oxygens (including phenoxy) is 16. The van der Waals surface area contributed by atoms with E-state index in [1.165, 1.54) is 20.8 Å². The molecule has 12 fully saturated rings. The molecular weight excluding hydrogens is 1550 g/mol. The molecule has 0 aromatic carbocycles. The van der Waals surface area contributed by atoms with Crippen LogP contribution in [0.15, 0.2) is 11.6 Å². The van der Waals surface area contributed by atoms with E-state index in [2.05, 4.69) is 40.7 Å². The third-order valence-electron chi connectivity index (χ3n) is 28.9. The van der Waals surface area contributed by atoms with Crippen molar-refractivity contribution >= 4 is 18.2 Å². The summed E-state index contributed by atoms with van der Waals surface area (Å²) in [5.74, 6) is -3.56. The molecule has 8 aliphatic heterocycles. The molecule has 13 rings (SSSR count). The lowest BCUT2D eigenvalue weighted by molar-refractivity contribution is -0.399. The molecule has 40 heteroatoms. The van der Waals surface area contributed by atoms with Crippen molar-refractivity contribution in [1.82, 2.24) is 0 Å². The van der Waals surface area contributed by atoms with E-state index in [9.17, 15) is 117 Å². The Hall–Kier alpha value is -3.05. The molecule has 5 aliphatic carbocycles. The molecular formula is C76H120O40. The standard InChI is InChI=1S/C76H120O40/c1-26-38(82)44(88)49(93)64(103-26)111-56-51(95)58(61(98)99)113-69(60(56)115-65-50(94)45(89)42(86)33(21-77)106-65)108-37-13-14-72(6)35(73(37,7)25-79)12-15-75(9)36(72)11-10-29-30-20-71(4,5)16-18-76(30,19-17-74(29,75)8)70(100)116-68-59(46(90)39(83)27(2)104-68)114-66-53(97)57(54(28(3)105-66)109-62-47(91)40(84)31(80)23-101-62)112-67-52(96)55(43(87)34(22-78)107-67)110-63-48(92)41(85)32(81)24-102-63/h10,25-28,30-60,62-69,77-78,80-97H,11-24H2,1-9H3,(H,98,99)/t26-,27+,28+,30+,31-,32+,33+,34-,35-,36-,37+,38-,39-,40+,41-,42-,43-,44+,45-,46-,47-,48+,49+,50+,51-,52-,53-,54+,55+,56-,57+,58-,59+,60+,62+,63-,64-,65-,66+,67+,68-,69+,72+,73+,74-,75-,76+/m0/s1. The van der Waals surface area contributed by atoms with Crippen LogP contribution in [0.25, 0.3) is 0 Å². The van der Waals surface area contributed by atoms with Crippen molar-refractivity contribution < 1.29 is 197 Å². The van der Waals surface area contributed by atoms with Crippen molar-refractivity contribution in [2.24, 2.45) is 50.2 Å². The van der Waals surface area contributed by atoms with E-state index in [0.29, 0.717) is 51.4 Å². The summed E-state index contributed by atoms with van der Waals surface area (Å²) < 4.78 is 97.3. The van der Waals surface area contributed by atoms with Gasteiger partial charge in [0.25, 0.3) is 0 Å². The molecule has 40 nitrogen and oxygen atoms in total. The number of allylic oxidation sites excluding steroid dienone is 2. The second-order valence-electron chi connectivity index (χ2n) is 36.3. The average Bonchev–Trinajstić information content (AvgIpc) is 0.672. The highest BCUT2D eigenvalue weighted by molar-refractivity contribution is 5.79. The highest BCUT2D eigenvalue weighted by Crippen LogP contribution is 2.76. The predicted molar refractivity (Wildman–Crippen MR) is 378 cm³/mol. The van der Waals surface area contributed by atoms with Crippen LogP contribution in [-0.4, -0.2) is 391 Å². The number of carbonyl (C=O) groups excluding carboxylic acids is 2. The Morgan fingerprint density at radius 1 is 0.440 bits per heavy atom. The fourth-order valence-corrected chi connectivity index (χ4v) is 21.6. The molecule has 664 valence electrons. The van der Waals surface area contributed by atoms with Gasteiger partial charge in [-0.3, -0.25) is 4.79 Å². The van der Waals surface area contributed by atoms with E-state index in [0.717, 1.165) is 11.9 Å². The molecule has 0 radical (unpaired) electrons. The van der Waals surface area contributed by atoms with Gasteiger partial charge in [0.05, 0.1) is 61.7 Å². The summed E-state index contributed by atoms with van der Waals surface area (Å²) in [7, 11) is 0. The summed E-state index contributed by atoms with van der Waals surface area (Å²) >= 11 is 0. The van der Waals surface area contributed by atoms with Gasteiger partial charge in [-0.15, -0.1) is 0 Å². The first-order chi connectivity index (χ1) is 54.5. The van der Waals surface area contributed by atoms with Crippen LogP contribution in [0.5, 0.6) is 0 Å². The van der Waals surface area contributed by atoms with Crippen molar-refractivity contribution in [3.8, 4) is 0 Å². The summed E-state index contributed by atoms with van der Waals surface area (Å²) in [5.41, 5.74) is -3.85. The Bertz CT molecular complexity index is 3420. The Balaban J connectivity index is 0.761. The number of aliphatic hydroxyl groups excluding tert-OH is 20. The molecule has 4 saturated carbocycles. The van der Waals surface area contributed by atoms with E-state index in [1.54, 1.807) is 6.92 Å². The highest BCUT2D eigenvalue weighted by Gasteiger charge is 2.72. The van der Waals surface area contributed by atoms with Crippen LogP contribution < -0.4 is 0 Å². The lowest BCUT2D eigenvalue weighted by atomic mass is 9.33. The fourth-order valence-electron chi connectivity index (χ4n) is 21.6. The Kier molecular flexibility index (Phi) is 26.9. The van der Waals surface area contributed by atoms with E-state index in [-0.39, 0.29) is 24.2 Å². The number of esters is 1. The molecule has 116 heavy (non-hydrogen) atoms. The molecule has 0 amide bonds. The zero-order chi connectivity index (χ0) is 84.6. The van der Waals surface area contributed by atoms with Crippen molar-refractivity contribution in [3.05, 3.63) is 11.6 Å². The SMILES string of the molecule is C[C@@H]1O[C@@H](O[C@H]2[C@H](O)[C@@H](C(=O)O)O[C@@H](O[C@@H]3CC[C@]4(C)[C@H](CC[C@@]5(C)[C@H]4CC=C4[C@H]6CC(C)(C)CC[C@@]6(C(=O)O[C@@H]6O[C@H](C)[C@H](O)[C@H](O)[C@H]6O[C@H]6O[C@H](C)[C@@H](O[C@H]7OC[C@H](O)[C@@H](O)[C@@H]7O)[C@H](O[C@H]7O[C@@H](CO)[C@H](O)[C@@H](O[C@@H]8OC[C@@H](O)[C@H](O)[C@H]8O)[C@@H]7O)[C@@H]6O)CC[C@@]45C)[C@@]3(C)C=O)[C@@H]2O[C@@H]2O[C@H](CO)[C@H](O)[C@H](O)[C@H]2O)[C@H](O)[C@H](O)[C@H]1O. The summed E-state index contributed by atoms with van der Waals surface area (Å²) in [6.45, 7) is 13.7. The van der Waals surface area contributed by atoms with Crippen molar-refractivity contribution in [3.63, 3.8) is 0 Å². The number of fused-ring (bicyclic) bond motifs is 7. The largest absolute Gasteiger partial charge is 0.479 e. The number of carboxylic acids is 1. The lowest BCUT2D eigenvalue weighted by Crippen LogP contribution is -2.69. The zero-order valence-corrected chi connectivity index (χ0v) is 66.0. The first kappa shape index (κ1) is 90.7. The van der Waals surface area contributed by atoms with Crippen LogP contribution in [0.1, 0.15) is 127 Å². The smallest absolute Gasteiger partial charge is 0.335 e. The van der Waals surface area contributed by atoms with Gasteiger partial charge in [-0.2, -0.15) is 0 Å². The molecule has 21 N–H and O–H groups in total. The Labute approximate surface area is 667 Å². The molecule has 0 unspecified atom stereocenters. The lowest BCUT2D eigenvalue weighted by Gasteiger charge is -2.71. The molecule has 47 atom stereocenters. The minimum Gasteiger partial charge on any atom is -0.479 e. The fraction of sp³-hybridized carbons (Fsp3) is 0.934. The third kappa shape index (κ3) is 15.8. The van der Waals surface area contributed by atoms with Crippen LogP contribution in [0, 0.1) is 50.2 Å². The maximum Gasteiger partial charge on any atom is 0.335 e. The van der Waals surface area contributed by atoms with Crippen molar-refractivity contribution in [1.29, 1.82) is 0 Å². The summed E-state index contributed by atoms with van der Waals surface area (Å²) in [6, 6.07) is 0. The van der Waals surface area contributed by atoms with Crippen LogP contribution >= 0.6 is 0 Å². The minimum atomic E-state index is -2.23. The van der Waals surface area contributed by atoms with Crippen molar-refractivity contribution in [2.45, 2.75) is 366 Å². The normalized spacial score (nSPS) is 55.0. The van der Waals surface area contributed by atoms with Gasteiger partial charge in [0.2, 0.25) is 6.29 Å². The van der Waals surface area contributed by atoms with E-state index < -0.39 is 317 Å². The van der Waals surface area contributed by atoms with Gasteiger partial charge < -0.3 is 188 Å². The number of carbonyl (C=O) groups is 3. The van der Waals surface area contributed by atoms with Gasteiger partial charge in [0.15, 0.2) is 56.2 Å². The number of aliphatic hydroxyl groups is 20. The Morgan fingerprint density at radius 2 is 0.922 bits per heavy atom. The van der Waals surface area contributed by atoms with Gasteiger partial charge in [-0.1, -0.05) is 53.2 Å². The highest BCUT2D eigenvalue weighted by atomic mass is 16.8. The third-order valence-corrected chi connectivity index (χ3v) is 28.9. The van der Waals surface area contributed by atoms with E-state index in [1.807, 2.05) is 0 Å². The first-order valence-corrected chi connectivity index (χ1v) is 40.3. The Morgan fingerprint density at radius 3 is 1.52 bits per heavy atom. The minimum absolute atomic E-state index is 0.114. The second kappa shape index (κ2) is 34.5. The molecule has 0 bridgehead atoms. The molecule has 0 spiro atoms. The van der Waals surface area contributed by atoms with Crippen LogP contribution in [0.3, 0.4) is 0 Å². The molecule has 8 saturated heterocycles. The zero-order valence-electron chi connectivity index (χ0n) is 66.0. The molecule has 0 aromatic heterocycles. The molecule has 8 heterocycles. The van der Waals surface area contributed by atoms with Crippen LogP contribution in [0.2, 0.25) is 0 Å². The second-order valence-corrected chi connectivity index (χ2v) is 36.3. The van der Waals surface area contributed by atoms with E-state index in [4.69, 9.17) is 75.8 Å². The number of hydrogen-bond acceptors (Lipinski definition) is 39. The average molecular weight is 1670 g/mol. The number of aliphatic carboxylic acids is 1. The number of aldehydes is 1. The van der Waals surface area contributed by atoms with Gasteiger partial charge in [0.1, 0.15) is 159 Å². The number of rotatable bonds is 20.